The van der Waals surface area contributed by atoms with Crippen LogP contribution in [-0.2, 0) is 24.4 Å². The van der Waals surface area contributed by atoms with Crippen molar-refractivity contribution in [2.45, 2.75) is 17.7 Å². The van der Waals surface area contributed by atoms with E-state index in [1.807, 2.05) is 0 Å². The van der Waals surface area contributed by atoms with Gasteiger partial charge in [-0.15, -0.1) is 0 Å². The molecule has 0 aliphatic rings. The molecule has 0 fully saturated rings. The molecule has 1 amide bonds. The summed E-state index contributed by atoms with van der Waals surface area (Å²) in [4.78, 5) is 23.2. The lowest BCUT2D eigenvalue weighted by molar-refractivity contribution is -0.142. The highest BCUT2D eigenvalue weighted by atomic mass is 32.2. The highest BCUT2D eigenvalue weighted by Crippen LogP contribution is 2.24. The van der Waals surface area contributed by atoms with E-state index in [4.69, 9.17) is 8.92 Å². The Labute approximate surface area is 152 Å². The first-order valence-corrected chi connectivity index (χ1v) is 9.16. The lowest BCUT2D eigenvalue weighted by Gasteiger charge is -2.16. The third-order valence-electron chi connectivity index (χ3n) is 3.54. The molecule has 0 saturated carbocycles. The summed E-state index contributed by atoms with van der Waals surface area (Å²) in [6.07, 6.45) is 0. The summed E-state index contributed by atoms with van der Waals surface area (Å²) in [5.74, 6) is -1.57. The van der Waals surface area contributed by atoms with E-state index in [9.17, 15) is 18.0 Å². The molecule has 138 valence electrons. The van der Waals surface area contributed by atoms with Crippen LogP contribution in [0.5, 0.6) is 5.75 Å². The molecule has 0 aromatic heterocycles. The first kappa shape index (κ1) is 19.5. The van der Waals surface area contributed by atoms with Crippen LogP contribution in [-0.4, -0.2) is 33.9 Å². The number of hydrogen-bond acceptors (Lipinski definition) is 6. The standard InChI is InChI=1S/C18H19NO6S/c1-13(20)19-12-17(18(21)24-2)14-7-6-8-15(11-14)25-26(22,23)16-9-4-3-5-10-16/h3-11,17H,12H2,1-2H3,(H,19,20). The number of nitrogens with one attached hydrogen (secondary N) is 1. The molecule has 7 nitrogen and oxygen atoms in total. The number of esters is 1. The normalized spacial score (nSPS) is 12.1. The molecule has 0 bridgehead atoms. The van der Waals surface area contributed by atoms with Crippen LogP contribution in [0.3, 0.4) is 0 Å². The summed E-state index contributed by atoms with van der Waals surface area (Å²) in [6, 6.07) is 13.8. The molecule has 2 aromatic rings. The smallest absolute Gasteiger partial charge is 0.339 e. The van der Waals surface area contributed by atoms with Crippen LogP contribution >= 0.6 is 0 Å². The second kappa shape index (κ2) is 8.48. The van der Waals surface area contributed by atoms with Gasteiger partial charge in [-0.2, -0.15) is 8.42 Å². The Kier molecular flexibility index (Phi) is 6.35. The van der Waals surface area contributed by atoms with E-state index < -0.39 is 22.0 Å². The molecule has 26 heavy (non-hydrogen) atoms. The van der Waals surface area contributed by atoms with Crippen LogP contribution in [0.25, 0.3) is 0 Å². The molecule has 2 aromatic carbocycles. The van der Waals surface area contributed by atoms with Gasteiger partial charge in [0.1, 0.15) is 10.6 Å². The fourth-order valence-electron chi connectivity index (χ4n) is 2.27. The zero-order chi connectivity index (χ0) is 19.2. The zero-order valence-electron chi connectivity index (χ0n) is 14.3. The average molecular weight is 377 g/mol. The van der Waals surface area contributed by atoms with Crippen molar-refractivity contribution in [3.63, 3.8) is 0 Å². The first-order valence-electron chi connectivity index (χ1n) is 7.75. The Bertz CT molecular complexity index is 880. The maximum absolute atomic E-state index is 12.3. The molecule has 0 saturated heterocycles. The Hall–Kier alpha value is -2.87. The van der Waals surface area contributed by atoms with Gasteiger partial charge in [-0.1, -0.05) is 30.3 Å². The van der Waals surface area contributed by atoms with E-state index in [2.05, 4.69) is 5.32 Å². The fraction of sp³-hybridized carbons (Fsp3) is 0.222. The highest BCUT2D eigenvalue weighted by Gasteiger charge is 2.23. The summed E-state index contributed by atoms with van der Waals surface area (Å²) in [6.45, 7) is 1.36. The maximum Gasteiger partial charge on any atom is 0.339 e. The Balaban J connectivity index is 2.27. The van der Waals surface area contributed by atoms with Gasteiger partial charge < -0.3 is 14.2 Å². The molecule has 1 atom stereocenters. The number of carbonyl (C=O) groups excluding carboxylic acids is 2. The number of rotatable bonds is 7. The minimum Gasteiger partial charge on any atom is -0.468 e. The number of hydrogen-bond donors (Lipinski definition) is 1. The Morgan fingerprint density at radius 3 is 2.38 bits per heavy atom. The largest absolute Gasteiger partial charge is 0.468 e. The molecule has 8 heteroatoms. The third-order valence-corrected chi connectivity index (χ3v) is 4.80. The van der Waals surface area contributed by atoms with Crippen molar-refractivity contribution < 1.29 is 26.9 Å². The number of carbonyl (C=O) groups is 2. The Morgan fingerprint density at radius 1 is 1.08 bits per heavy atom. The highest BCUT2D eigenvalue weighted by molar-refractivity contribution is 7.87. The molecule has 0 radical (unpaired) electrons. The molecule has 1 unspecified atom stereocenters. The van der Waals surface area contributed by atoms with Crippen LogP contribution in [0.1, 0.15) is 18.4 Å². The van der Waals surface area contributed by atoms with Gasteiger partial charge in [-0.25, -0.2) is 0 Å². The molecule has 0 aliphatic heterocycles. The van der Waals surface area contributed by atoms with Crippen LogP contribution in [0.4, 0.5) is 0 Å². The number of methoxy groups -OCH3 is 1. The van der Waals surface area contributed by atoms with Crippen molar-refractivity contribution >= 4 is 22.0 Å². The topological polar surface area (TPSA) is 98.8 Å². The lowest BCUT2D eigenvalue weighted by Crippen LogP contribution is -2.30. The summed E-state index contributed by atoms with van der Waals surface area (Å²) in [7, 11) is -2.75. The molecule has 0 aliphatic carbocycles. The fourth-order valence-corrected chi connectivity index (χ4v) is 3.21. The molecule has 2 rings (SSSR count). The van der Waals surface area contributed by atoms with E-state index in [-0.39, 0.29) is 23.1 Å². The summed E-state index contributed by atoms with van der Waals surface area (Å²) >= 11 is 0. The molecule has 0 heterocycles. The predicted molar refractivity (Wildman–Crippen MR) is 94.1 cm³/mol. The van der Waals surface area contributed by atoms with Crippen LogP contribution < -0.4 is 9.50 Å². The van der Waals surface area contributed by atoms with Crippen LogP contribution in [0, 0.1) is 0 Å². The predicted octanol–water partition coefficient (Wildman–Crippen LogP) is 1.85. The van der Waals surface area contributed by atoms with Gasteiger partial charge in [0, 0.05) is 13.5 Å². The van der Waals surface area contributed by atoms with Gasteiger partial charge in [-0.05, 0) is 29.8 Å². The minimum absolute atomic E-state index is 0.0215. The van der Waals surface area contributed by atoms with Crippen molar-refractivity contribution in [2.24, 2.45) is 0 Å². The second-order valence-corrected chi connectivity index (χ2v) is 6.98. The molecular weight excluding hydrogens is 358 g/mol. The third kappa shape index (κ3) is 5.06. The van der Waals surface area contributed by atoms with E-state index in [1.54, 1.807) is 30.3 Å². The minimum atomic E-state index is -3.99. The van der Waals surface area contributed by atoms with E-state index in [0.29, 0.717) is 5.56 Å². The van der Waals surface area contributed by atoms with Gasteiger partial charge in [0.15, 0.2) is 0 Å². The molecular formula is C18H19NO6S. The van der Waals surface area contributed by atoms with Crippen LogP contribution in [0.15, 0.2) is 59.5 Å². The lowest BCUT2D eigenvalue weighted by atomic mass is 9.99. The van der Waals surface area contributed by atoms with Crippen LogP contribution in [0.2, 0.25) is 0 Å². The number of ether oxygens (including phenoxy) is 1. The average Bonchev–Trinajstić information content (AvgIpc) is 2.62. The maximum atomic E-state index is 12.3. The number of amides is 1. The van der Waals surface area contributed by atoms with Crippen molar-refractivity contribution in [1.29, 1.82) is 0 Å². The quantitative estimate of drug-likeness (QED) is 0.584. The van der Waals surface area contributed by atoms with Crippen molar-refractivity contribution in [3.05, 3.63) is 60.2 Å². The van der Waals surface area contributed by atoms with Crippen molar-refractivity contribution in [1.82, 2.24) is 5.32 Å². The summed E-state index contributed by atoms with van der Waals surface area (Å²) in [5.41, 5.74) is 0.464. The van der Waals surface area contributed by atoms with Gasteiger partial charge >= 0.3 is 16.1 Å². The van der Waals surface area contributed by atoms with Gasteiger partial charge in [0.05, 0.1) is 13.0 Å². The van der Waals surface area contributed by atoms with Crippen molar-refractivity contribution in [2.75, 3.05) is 13.7 Å². The van der Waals surface area contributed by atoms with E-state index in [1.165, 1.54) is 38.3 Å². The SMILES string of the molecule is COC(=O)C(CNC(C)=O)c1cccc(OS(=O)(=O)c2ccccc2)c1. The molecule has 1 N–H and O–H groups in total. The van der Waals surface area contributed by atoms with Gasteiger partial charge in [0.25, 0.3) is 0 Å². The zero-order valence-corrected chi connectivity index (χ0v) is 15.2. The van der Waals surface area contributed by atoms with E-state index in [0.717, 1.165) is 0 Å². The molecule has 0 spiro atoms. The summed E-state index contributed by atoms with van der Waals surface area (Å²) < 4.78 is 34.5. The van der Waals surface area contributed by atoms with Crippen molar-refractivity contribution in [3.8, 4) is 5.75 Å². The first-order chi connectivity index (χ1) is 12.3. The second-order valence-electron chi connectivity index (χ2n) is 5.44. The number of benzene rings is 2. The Morgan fingerprint density at radius 2 is 1.77 bits per heavy atom. The van der Waals surface area contributed by atoms with Gasteiger partial charge in [-0.3, -0.25) is 9.59 Å². The van der Waals surface area contributed by atoms with E-state index >= 15 is 0 Å². The monoisotopic (exact) mass is 377 g/mol. The summed E-state index contributed by atoms with van der Waals surface area (Å²) in [5, 5.41) is 2.55. The van der Waals surface area contributed by atoms with Gasteiger partial charge in [0.2, 0.25) is 5.91 Å².